The van der Waals surface area contributed by atoms with Crippen LogP contribution in [0.25, 0.3) is 0 Å². The van der Waals surface area contributed by atoms with E-state index in [9.17, 15) is 4.79 Å². The molecular formula is C16H19N5O. The summed E-state index contributed by atoms with van der Waals surface area (Å²) in [6, 6.07) is 7.09. The minimum absolute atomic E-state index is 0.0805. The lowest BCUT2D eigenvalue weighted by atomic mass is 10.2. The molecule has 22 heavy (non-hydrogen) atoms. The van der Waals surface area contributed by atoms with Crippen LogP contribution in [0.3, 0.4) is 0 Å². The molecule has 1 heterocycles. The number of nitrogens with one attached hydrogen (secondary N) is 1. The maximum absolute atomic E-state index is 12.0. The van der Waals surface area contributed by atoms with Gasteiger partial charge in [0.1, 0.15) is 0 Å². The van der Waals surface area contributed by atoms with Gasteiger partial charge in [-0.2, -0.15) is 0 Å². The van der Waals surface area contributed by atoms with Gasteiger partial charge in [0.25, 0.3) is 5.91 Å². The molecule has 0 aliphatic carbocycles. The number of benzene rings is 1. The molecule has 114 valence electrons. The van der Waals surface area contributed by atoms with E-state index < -0.39 is 0 Å². The van der Waals surface area contributed by atoms with Gasteiger partial charge >= 0.3 is 0 Å². The second-order valence-electron chi connectivity index (χ2n) is 4.62. The van der Waals surface area contributed by atoms with Gasteiger partial charge in [-0.15, -0.1) is 0 Å². The average Bonchev–Trinajstić information content (AvgIpc) is 3.06. The second-order valence-corrected chi connectivity index (χ2v) is 4.62. The SMILES string of the molecule is NC=CC=Nc1ccc(C(=O)NCCCn2ccnc2)cc1. The molecule has 1 aromatic heterocycles. The fourth-order valence-electron chi connectivity index (χ4n) is 1.86. The zero-order chi connectivity index (χ0) is 15.6. The molecule has 6 nitrogen and oxygen atoms in total. The minimum Gasteiger partial charge on any atom is -0.405 e. The molecule has 3 N–H and O–H groups in total. The van der Waals surface area contributed by atoms with Crippen molar-refractivity contribution >= 4 is 17.8 Å². The van der Waals surface area contributed by atoms with Crippen LogP contribution in [0.1, 0.15) is 16.8 Å². The fraction of sp³-hybridized carbons (Fsp3) is 0.188. The van der Waals surface area contributed by atoms with Crippen molar-refractivity contribution in [3.63, 3.8) is 0 Å². The number of rotatable bonds is 7. The summed E-state index contributed by atoms with van der Waals surface area (Å²) in [4.78, 5) is 20.1. The van der Waals surface area contributed by atoms with E-state index in [0.29, 0.717) is 12.1 Å². The summed E-state index contributed by atoms with van der Waals surface area (Å²) in [6.45, 7) is 1.46. The lowest BCUT2D eigenvalue weighted by Gasteiger charge is -2.06. The van der Waals surface area contributed by atoms with Crippen LogP contribution in [-0.2, 0) is 6.54 Å². The molecule has 0 bridgehead atoms. The Morgan fingerprint density at radius 2 is 2.18 bits per heavy atom. The molecule has 1 amide bonds. The highest BCUT2D eigenvalue weighted by atomic mass is 16.1. The van der Waals surface area contributed by atoms with Crippen molar-refractivity contribution in [2.45, 2.75) is 13.0 Å². The van der Waals surface area contributed by atoms with Gasteiger partial charge < -0.3 is 15.6 Å². The first-order chi connectivity index (χ1) is 10.8. The van der Waals surface area contributed by atoms with Gasteiger partial charge in [-0.25, -0.2) is 4.98 Å². The number of nitrogens with zero attached hydrogens (tertiary/aromatic N) is 3. The second kappa shape index (κ2) is 8.41. The number of aryl methyl sites for hydroxylation is 1. The molecule has 0 atom stereocenters. The van der Waals surface area contributed by atoms with Crippen LogP contribution >= 0.6 is 0 Å². The zero-order valence-electron chi connectivity index (χ0n) is 12.2. The van der Waals surface area contributed by atoms with Crippen LogP contribution in [0, 0.1) is 0 Å². The smallest absolute Gasteiger partial charge is 0.251 e. The minimum atomic E-state index is -0.0805. The largest absolute Gasteiger partial charge is 0.405 e. The van der Waals surface area contributed by atoms with E-state index in [2.05, 4.69) is 15.3 Å². The third-order valence-electron chi connectivity index (χ3n) is 2.99. The number of aromatic nitrogens is 2. The first-order valence-electron chi connectivity index (χ1n) is 7.04. The molecule has 0 unspecified atom stereocenters. The number of aliphatic imine (C=N–C) groups is 1. The van der Waals surface area contributed by atoms with E-state index in [4.69, 9.17) is 5.73 Å². The van der Waals surface area contributed by atoms with Gasteiger partial charge in [-0.1, -0.05) is 0 Å². The molecule has 0 radical (unpaired) electrons. The Labute approximate surface area is 129 Å². The highest BCUT2D eigenvalue weighted by Gasteiger charge is 2.04. The van der Waals surface area contributed by atoms with Gasteiger partial charge in [0.15, 0.2) is 0 Å². The van der Waals surface area contributed by atoms with Gasteiger partial charge in [0.05, 0.1) is 12.0 Å². The van der Waals surface area contributed by atoms with Crippen molar-refractivity contribution < 1.29 is 4.79 Å². The van der Waals surface area contributed by atoms with Gasteiger partial charge in [0.2, 0.25) is 0 Å². The lowest BCUT2D eigenvalue weighted by molar-refractivity contribution is 0.0953. The average molecular weight is 297 g/mol. The van der Waals surface area contributed by atoms with E-state index in [1.807, 2.05) is 10.8 Å². The molecule has 2 aromatic rings. The number of allylic oxidation sites excluding steroid dienone is 1. The number of hydrogen-bond acceptors (Lipinski definition) is 4. The van der Waals surface area contributed by atoms with E-state index in [1.165, 1.54) is 6.20 Å². The molecule has 0 spiro atoms. The number of imidazole rings is 1. The molecule has 0 fully saturated rings. The Morgan fingerprint density at radius 1 is 1.36 bits per heavy atom. The summed E-state index contributed by atoms with van der Waals surface area (Å²) < 4.78 is 1.98. The van der Waals surface area contributed by atoms with E-state index in [1.54, 1.807) is 49.1 Å². The summed E-state index contributed by atoms with van der Waals surface area (Å²) in [6.07, 6.45) is 10.9. The predicted octanol–water partition coefficient (Wildman–Crippen LogP) is 1.88. The Kier molecular flexibility index (Phi) is 5.92. The highest BCUT2D eigenvalue weighted by Crippen LogP contribution is 2.12. The molecule has 0 aliphatic rings. The first kappa shape index (κ1) is 15.5. The van der Waals surface area contributed by atoms with Gasteiger partial charge in [0, 0.05) is 37.3 Å². The summed E-state index contributed by atoms with van der Waals surface area (Å²) in [7, 11) is 0. The highest BCUT2D eigenvalue weighted by molar-refractivity contribution is 5.94. The van der Waals surface area contributed by atoms with Crippen molar-refractivity contribution in [2.24, 2.45) is 10.7 Å². The van der Waals surface area contributed by atoms with Gasteiger partial charge in [-0.3, -0.25) is 9.79 Å². The molecular weight excluding hydrogens is 278 g/mol. The van der Waals surface area contributed by atoms with Crippen LogP contribution < -0.4 is 11.1 Å². The normalized spacial score (nSPS) is 11.3. The first-order valence-corrected chi connectivity index (χ1v) is 7.04. The Bertz CT molecular complexity index is 629. The van der Waals surface area contributed by atoms with Crippen molar-refractivity contribution in [3.8, 4) is 0 Å². The van der Waals surface area contributed by atoms with Crippen molar-refractivity contribution in [1.29, 1.82) is 0 Å². The zero-order valence-corrected chi connectivity index (χ0v) is 12.2. The fourth-order valence-corrected chi connectivity index (χ4v) is 1.86. The van der Waals surface area contributed by atoms with Crippen LogP contribution in [0.2, 0.25) is 0 Å². The molecule has 2 rings (SSSR count). The molecule has 0 aliphatic heterocycles. The van der Waals surface area contributed by atoms with Crippen LogP contribution in [0.15, 0.2) is 60.3 Å². The lowest BCUT2D eigenvalue weighted by Crippen LogP contribution is -2.25. The molecule has 0 saturated carbocycles. The third kappa shape index (κ3) is 4.90. The molecule has 1 aromatic carbocycles. The van der Waals surface area contributed by atoms with E-state index in [-0.39, 0.29) is 5.91 Å². The molecule has 6 heteroatoms. The maximum Gasteiger partial charge on any atom is 0.251 e. The van der Waals surface area contributed by atoms with Crippen molar-refractivity contribution in [1.82, 2.24) is 14.9 Å². The summed E-state index contributed by atoms with van der Waals surface area (Å²) in [5, 5.41) is 2.89. The monoisotopic (exact) mass is 297 g/mol. The summed E-state index contributed by atoms with van der Waals surface area (Å²) in [5.74, 6) is -0.0805. The van der Waals surface area contributed by atoms with Crippen molar-refractivity contribution in [3.05, 3.63) is 60.8 Å². The Hall–Kier alpha value is -2.89. The number of carbonyl (C=O) groups excluding carboxylic acids is 1. The van der Waals surface area contributed by atoms with Crippen LogP contribution in [-0.4, -0.2) is 28.2 Å². The van der Waals surface area contributed by atoms with E-state index >= 15 is 0 Å². The van der Waals surface area contributed by atoms with Gasteiger partial charge in [-0.05, 0) is 43.0 Å². The summed E-state index contributed by atoms with van der Waals surface area (Å²) >= 11 is 0. The van der Waals surface area contributed by atoms with E-state index in [0.717, 1.165) is 18.7 Å². The Morgan fingerprint density at radius 3 is 2.86 bits per heavy atom. The quantitative estimate of drug-likeness (QED) is 0.604. The number of amides is 1. The van der Waals surface area contributed by atoms with Crippen LogP contribution in [0.4, 0.5) is 5.69 Å². The predicted molar refractivity (Wildman–Crippen MR) is 87.1 cm³/mol. The Balaban J connectivity index is 1.77. The topological polar surface area (TPSA) is 85.3 Å². The van der Waals surface area contributed by atoms with Crippen molar-refractivity contribution in [2.75, 3.05) is 6.54 Å². The maximum atomic E-state index is 12.0. The third-order valence-corrected chi connectivity index (χ3v) is 2.99. The standard InChI is InChI=1S/C16H19N5O/c17-7-1-8-19-15-5-3-14(4-6-15)16(22)20-9-2-11-21-12-10-18-13-21/h1,3-8,10,12-13H,2,9,11,17H2,(H,20,22). The number of carbonyl (C=O) groups is 1. The summed E-state index contributed by atoms with van der Waals surface area (Å²) in [5.41, 5.74) is 6.61. The number of hydrogen-bond donors (Lipinski definition) is 2. The number of nitrogens with two attached hydrogens (primary N) is 1. The molecule has 0 saturated heterocycles. The van der Waals surface area contributed by atoms with Crippen LogP contribution in [0.5, 0.6) is 0 Å².